The molecule has 1 saturated heterocycles. The number of methoxy groups -OCH3 is 1. The topological polar surface area (TPSA) is 79.0 Å². The average molecular weight is 422 g/mol. The van der Waals surface area contributed by atoms with E-state index in [0.717, 1.165) is 19.3 Å². The van der Waals surface area contributed by atoms with Gasteiger partial charge in [-0.05, 0) is 56.4 Å². The van der Waals surface area contributed by atoms with E-state index in [1.54, 1.807) is 31.4 Å². The predicted molar refractivity (Wildman–Crippen MR) is 112 cm³/mol. The molecular weight excluding hydrogens is 390 g/mol. The summed E-state index contributed by atoms with van der Waals surface area (Å²) in [6.45, 7) is 2.86. The number of amides is 1. The summed E-state index contributed by atoms with van der Waals surface area (Å²) in [5, 5.41) is 2.99. The van der Waals surface area contributed by atoms with Crippen molar-refractivity contribution in [1.82, 2.24) is 14.5 Å². The van der Waals surface area contributed by atoms with Gasteiger partial charge in [0.25, 0.3) is 0 Å². The number of nitrogens with zero attached hydrogens (tertiary/aromatic N) is 2. The lowest BCUT2D eigenvalue weighted by Gasteiger charge is -2.33. The van der Waals surface area contributed by atoms with E-state index in [1.807, 2.05) is 4.90 Å². The summed E-state index contributed by atoms with van der Waals surface area (Å²) in [5.41, 5.74) is 1.45. The second kappa shape index (κ2) is 10.2. The molecule has 1 N–H and O–H groups in total. The van der Waals surface area contributed by atoms with Crippen molar-refractivity contribution in [2.75, 3.05) is 46.4 Å². The van der Waals surface area contributed by atoms with Gasteiger partial charge in [-0.2, -0.15) is 4.31 Å². The standard InChI is InChI=1S/C21H31N3O4S/c1-28-19-7-9-20(10-8-19)29(26,27)24-15-13-23(14-16-24)17-21(25)22-12-11-18-5-3-2-4-6-18/h5,7-10H,2-4,6,11-17H2,1H3,(H,22,25). The number of hydrogen-bond acceptors (Lipinski definition) is 5. The van der Waals surface area contributed by atoms with E-state index in [-0.39, 0.29) is 10.8 Å². The van der Waals surface area contributed by atoms with Crippen LogP contribution in [0, 0.1) is 0 Å². The van der Waals surface area contributed by atoms with Crippen molar-refractivity contribution in [2.45, 2.75) is 37.0 Å². The number of sulfonamides is 1. The number of carbonyl (C=O) groups excluding carboxylic acids is 1. The van der Waals surface area contributed by atoms with Gasteiger partial charge in [0.2, 0.25) is 15.9 Å². The van der Waals surface area contributed by atoms with E-state index in [0.29, 0.717) is 45.0 Å². The fraction of sp³-hybridized carbons (Fsp3) is 0.571. The largest absolute Gasteiger partial charge is 0.497 e. The third kappa shape index (κ3) is 6.04. The number of rotatable bonds is 8. The van der Waals surface area contributed by atoms with Gasteiger partial charge in [-0.1, -0.05) is 11.6 Å². The highest BCUT2D eigenvalue weighted by Crippen LogP contribution is 2.21. The molecule has 1 fully saturated rings. The zero-order valence-electron chi connectivity index (χ0n) is 17.1. The second-order valence-electron chi connectivity index (χ2n) is 7.56. The molecule has 0 spiro atoms. The third-order valence-corrected chi connectivity index (χ3v) is 7.46. The minimum absolute atomic E-state index is 0.00729. The molecular formula is C21H31N3O4S. The summed E-state index contributed by atoms with van der Waals surface area (Å²) in [5.74, 6) is 0.632. The lowest BCUT2D eigenvalue weighted by atomic mass is 9.97. The smallest absolute Gasteiger partial charge is 0.243 e. The zero-order chi connectivity index (χ0) is 20.7. The van der Waals surface area contributed by atoms with Gasteiger partial charge in [-0.15, -0.1) is 0 Å². The third-order valence-electron chi connectivity index (χ3n) is 5.55. The lowest BCUT2D eigenvalue weighted by Crippen LogP contribution is -2.51. The van der Waals surface area contributed by atoms with E-state index in [2.05, 4.69) is 11.4 Å². The molecule has 29 heavy (non-hydrogen) atoms. The molecule has 8 heteroatoms. The zero-order valence-corrected chi connectivity index (χ0v) is 17.9. The second-order valence-corrected chi connectivity index (χ2v) is 9.50. The van der Waals surface area contributed by atoms with Crippen molar-refractivity contribution in [1.29, 1.82) is 0 Å². The van der Waals surface area contributed by atoms with Crippen LogP contribution in [0.4, 0.5) is 0 Å². The van der Waals surface area contributed by atoms with Gasteiger partial charge in [0, 0.05) is 32.7 Å². The maximum absolute atomic E-state index is 12.8. The first-order valence-corrected chi connectivity index (χ1v) is 11.7. The summed E-state index contributed by atoms with van der Waals surface area (Å²) in [6.07, 6.45) is 8.07. The van der Waals surface area contributed by atoms with Gasteiger partial charge in [-0.3, -0.25) is 9.69 Å². The van der Waals surface area contributed by atoms with Gasteiger partial charge in [0.1, 0.15) is 5.75 Å². The van der Waals surface area contributed by atoms with Crippen LogP contribution in [-0.2, 0) is 14.8 Å². The first kappa shape index (κ1) is 21.8. The maximum Gasteiger partial charge on any atom is 0.243 e. The summed E-state index contributed by atoms with van der Waals surface area (Å²) < 4.78 is 32.1. The molecule has 0 aromatic heterocycles. The number of piperazine rings is 1. The average Bonchev–Trinajstić information content (AvgIpc) is 2.75. The van der Waals surface area contributed by atoms with Crippen LogP contribution in [0.25, 0.3) is 0 Å². The van der Waals surface area contributed by atoms with Crippen LogP contribution in [0.1, 0.15) is 32.1 Å². The highest BCUT2D eigenvalue weighted by atomic mass is 32.2. The Morgan fingerprint density at radius 2 is 1.83 bits per heavy atom. The Hall–Kier alpha value is -1.90. The number of allylic oxidation sites excluding steroid dienone is 1. The summed E-state index contributed by atoms with van der Waals surface area (Å²) in [6, 6.07) is 6.43. The van der Waals surface area contributed by atoms with Gasteiger partial charge in [0.05, 0.1) is 18.6 Å². The van der Waals surface area contributed by atoms with Crippen LogP contribution in [0.3, 0.4) is 0 Å². The number of ether oxygens (including phenoxy) is 1. The molecule has 2 aliphatic rings. The van der Waals surface area contributed by atoms with Crippen LogP contribution in [0.2, 0.25) is 0 Å². The van der Waals surface area contributed by atoms with E-state index < -0.39 is 10.0 Å². The van der Waals surface area contributed by atoms with Gasteiger partial charge < -0.3 is 10.1 Å². The van der Waals surface area contributed by atoms with Crippen LogP contribution >= 0.6 is 0 Å². The SMILES string of the molecule is COc1ccc(S(=O)(=O)N2CCN(CC(=O)NCCC3=CCCCC3)CC2)cc1. The number of hydrogen-bond donors (Lipinski definition) is 1. The fourth-order valence-electron chi connectivity index (χ4n) is 3.78. The molecule has 1 aliphatic carbocycles. The van der Waals surface area contributed by atoms with Crippen LogP contribution in [-0.4, -0.2) is 69.9 Å². The van der Waals surface area contributed by atoms with Gasteiger partial charge in [0.15, 0.2) is 0 Å². The molecule has 0 atom stereocenters. The Balaban J connectivity index is 1.42. The van der Waals surface area contributed by atoms with Crippen molar-refractivity contribution in [3.05, 3.63) is 35.9 Å². The Bertz CT molecular complexity index is 813. The quantitative estimate of drug-likeness (QED) is 0.650. The highest BCUT2D eigenvalue weighted by molar-refractivity contribution is 7.89. The predicted octanol–water partition coefficient (Wildman–Crippen LogP) is 2.01. The van der Waals surface area contributed by atoms with Crippen molar-refractivity contribution in [2.24, 2.45) is 0 Å². The van der Waals surface area contributed by atoms with Crippen molar-refractivity contribution in [3.8, 4) is 5.75 Å². The molecule has 0 radical (unpaired) electrons. The van der Waals surface area contributed by atoms with Gasteiger partial charge in [-0.25, -0.2) is 8.42 Å². The van der Waals surface area contributed by atoms with Crippen LogP contribution < -0.4 is 10.1 Å². The monoisotopic (exact) mass is 421 g/mol. The highest BCUT2D eigenvalue weighted by Gasteiger charge is 2.29. The van der Waals surface area contributed by atoms with Crippen molar-refractivity contribution in [3.63, 3.8) is 0 Å². The Morgan fingerprint density at radius 1 is 1.10 bits per heavy atom. The number of carbonyl (C=O) groups is 1. The molecule has 1 amide bonds. The Morgan fingerprint density at radius 3 is 2.45 bits per heavy atom. The van der Waals surface area contributed by atoms with Crippen molar-refractivity contribution >= 4 is 15.9 Å². The van der Waals surface area contributed by atoms with Crippen LogP contribution in [0.15, 0.2) is 40.8 Å². The van der Waals surface area contributed by atoms with E-state index in [4.69, 9.17) is 4.74 Å². The molecule has 0 saturated carbocycles. The molecule has 160 valence electrons. The molecule has 0 bridgehead atoms. The number of nitrogens with one attached hydrogen (secondary N) is 1. The van der Waals surface area contributed by atoms with E-state index >= 15 is 0 Å². The Labute approximate surface area is 173 Å². The molecule has 7 nitrogen and oxygen atoms in total. The summed E-state index contributed by atoms with van der Waals surface area (Å²) >= 11 is 0. The Kier molecular flexibility index (Phi) is 7.69. The summed E-state index contributed by atoms with van der Waals surface area (Å²) in [4.78, 5) is 14.5. The normalized spacial score (nSPS) is 18.9. The van der Waals surface area contributed by atoms with E-state index in [1.165, 1.54) is 22.7 Å². The molecule has 3 rings (SSSR count). The van der Waals surface area contributed by atoms with E-state index in [9.17, 15) is 13.2 Å². The molecule has 1 aromatic rings. The fourth-order valence-corrected chi connectivity index (χ4v) is 5.20. The first-order chi connectivity index (χ1) is 14.0. The molecule has 1 heterocycles. The molecule has 0 unspecified atom stereocenters. The van der Waals surface area contributed by atoms with Gasteiger partial charge >= 0.3 is 0 Å². The van der Waals surface area contributed by atoms with Crippen molar-refractivity contribution < 1.29 is 17.9 Å². The minimum atomic E-state index is -3.52. The van der Waals surface area contributed by atoms with Crippen LogP contribution in [0.5, 0.6) is 5.75 Å². The first-order valence-electron chi connectivity index (χ1n) is 10.3. The molecule has 1 aliphatic heterocycles. The maximum atomic E-state index is 12.8. The molecule has 1 aromatic carbocycles. The minimum Gasteiger partial charge on any atom is -0.497 e. The lowest BCUT2D eigenvalue weighted by molar-refractivity contribution is -0.122. The number of benzene rings is 1. The summed E-state index contributed by atoms with van der Waals surface area (Å²) in [7, 11) is -1.97.